The van der Waals surface area contributed by atoms with Crippen molar-refractivity contribution >= 4 is 29.0 Å². The number of amides is 1. The lowest BCUT2D eigenvalue weighted by atomic mass is 10.2. The summed E-state index contributed by atoms with van der Waals surface area (Å²) in [6.45, 7) is 1.52. The largest absolute Gasteiger partial charge is 0.411 e. The van der Waals surface area contributed by atoms with Crippen molar-refractivity contribution in [1.82, 2.24) is 10.2 Å². The van der Waals surface area contributed by atoms with E-state index in [1.165, 1.54) is 25.1 Å². The number of nitrogens with one attached hydrogen (secondary N) is 1. The van der Waals surface area contributed by atoms with E-state index in [1.54, 1.807) is 6.07 Å². The van der Waals surface area contributed by atoms with Gasteiger partial charge < -0.3 is 9.73 Å². The Morgan fingerprint density at radius 3 is 2.79 bits per heavy atom. The first-order valence-corrected chi connectivity index (χ1v) is 8.72. The number of non-ortho nitro benzene ring substituents is 1. The quantitative estimate of drug-likeness (QED) is 0.373. The molecule has 0 fully saturated rings. The van der Waals surface area contributed by atoms with E-state index in [1.807, 2.05) is 0 Å². The number of carbonyl (C=O) groups is 1. The van der Waals surface area contributed by atoms with Gasteiger partial charge in [0.25, 0.3) is 10.9 Å². The van der Waals surface area contributed by atoms with E-state index in [0.29, 0.717) is 5.56 Å². The van der Waals surface area contributed by atoms with E-state index < -0.39 is 27.7 Å². The summed E-state index contributed by atoms with van der Waals surface area (Å²) < 4.78 is 32.2. The van der Waals surface area contributed by atoms with Crippen LogP contribution in [0.4, 0.5) is 20.2 Å². The van der Waals surface area contributed by atoms with E-state index >= 15 is 0 Å². The first kappa shape index (κ1) is 19.4. The van der Waals surface area contributed by atoms with Crippen LogP contribution in [0.25, 0.3) is 11.5 Å². The molecule has 0 spiro atoms. The molecule has 1 heterocycles. The fourth-order valence-corrected chi connectivity index (χ4v) is 2.84. The van der Waals surface area contributed by atoms with Crippen LogP contribution in [-0.2, 0) is 4.79 Å². The second kappa shape index (κ2) is 8.13. The number of halogens is 2. The van der Waals surface area contributed by atoms with Crippen LogP contribution in [0.5, 0.6) is 0 Å². The van der Waals surface area contributed by atoms with E-state index in [4.69, 9.17) is 4.42 Å². The monoisotopic (exact) mass is 406 g/mol. The molecule has 11 heteroatoms. The van der Waals surface area contributed by atoms with Gasteiger partial charge in [0, 0.05) is 23.8 Å². The van der Waals surface area contributed by atoms with E-state index in [2.05, 4.69) is 15.5 Å². The Balaban J connectivity index is 1.69. The minimum absolute atomic E-state index is 0.0453. The third-order valence-electron chi connectivity index (χ3n) is 3.54. The Hall–Kier alpha value is -3.34. The number of carbonyl (C=O) groups excluding carboxylic acids is 1. The van der Waals surface area contributed by atoms with Gasteiger partial charge in [0.15, 0.2) is 0 Å². The second-order valence-corrected chi connectivity index (χ2v) is 6.85. The number of hydrogen-bond donors (Lipinski definition) is 1. The Labute approximate surface area is 161 Å². The molecule has 0 saturated carbocycles. The first-order chi connectivity index (χ1) is 13.3. The van der Waals surface area contributed by atoms with Gasteiger partial charge in [-0.1, -0.05) is 17.8 Å². The molecular formula is C17H12F2N4O4S. The molecule has 0 aliphatic heterocycles. The predicted molar refractivity (Wildman–Crippen MR) is 96.7 cm³/mol. The van der Waals surface area contributed by atoms with Gasteiger partial charge in [-0.2, -0.15) is 0 Å². The summed E-state index contributed by atoms with van der Waals surface area (Å²) in [5, 5.41) is 20.0. The Morgan fingerprint density at radius 2 is 2.04 bits per heavy atom. The predicted octanol–water partition coefficient (Wildman–Crippen LogP) is 4.04. The molecule has 1 atom stereocenters. The average molecular weight is 406 g/mol. The van der Waals surface area contributed by atoms with Gasteiger partial charge in [0.2, 0.25) is 11.8 Å². The summed E-state index contributed by atoms with van der Waals surface area (Å²) >= 11 is 0.905. The standard InChI is InChI=1S/C17H12F2N4O4S/c1-9(15(24)20-14-8-11(18)5-6-13(14)19)28-17-22-21-16(27-17)10-3-2-4-12(7-10)23(25)26/h2-9H,1H3,(H,20,24)/t9-/m1/s1. The van der Waals surface area contributed by atoms with Crippen LogP contribution >= 0.6 is 11.8 Å². The van der Waals surface area contributed by atoms with Crippen molar-refractivity contribution in [3.63, 3.8) is 0 Å². The number of thioether (sulfide) groups is 1. The van der Waals surface area contributed by atoms with Gasteiger partial charge >= 0.3 is 0 Å². The number of rotatable bonds is 6. The SMILES string of the molecule is C[C@@H](Sc1nnc(-c2cccc([N+](=O)[O-])c2)o1)C(=O)Nc1cc(F)ccc1F. The molecule has 0 unspecified atom stereocenters. The summed E-state index contributed by atoms with van der Waals surface area (Å²) in [4.78, 5) is 22.5. The number of anilines is 1. The van der Waals surface area contributed by atoms with Gasteiger partial charge in [-0.25, -0.2) is 8.78 Å². The zero-order valence-corrected chi connectivity index (χ0v) is 15.1. The summed E-state index contributed by atoms with van der Waals surface area (Å²) in [6, 6.07) is 8.38. The van der Waals surface area contributed by atoms with Crippen molar-refractivity contribution in [2.75, 3.05) is 5.32 Å². The van der Waals surface area contributed by atoms with Gasteiger partial charge in [0.05, 0.1) is 15.9 Å². The Bertz CT molecular complexity index is 1040. The maximum atomic E-state index is 13.6. The van der Waals surface area contributed by atoms with Crippen LogP contribution in [0.3, 0.4) is 0 Å². The smallest absolute Gasteiger partial charge is 0.277 e. The van der Waals surface area contributed by atoms with Crippen molar-refractivity contribution in [2.45, 2.75) is 17.4 Å². The number of hydrogen-bond acceptors (Lipinski definition) is 7. The van der Waals surface area contributed by atoms with Crippen LogP contribution in [0, 0.1) is 21.7 Å². The number of nitro groups is 1. The van der Waals surface area contributed by atoms with Gasteiger partial charge in [-0.3, -0.25) is 14.9 Å². The average Bonchev–Trinajstić information content (AvgIpc) is 3.13. The molecule has 1 aromatic heterocycles. The van der Waals surface area contributed by atoms with Gasteiger partial charge in [-0.05, 0) is 25.1 Å². The molecule has 3 rings (SSSR count). The second-order valence-electron chi connectivity index (χ2n) is 5.55. The molecule has 0 saturated heterocycles. The van der Waals surface area contributed by atoms with Gasteiger partial charge in [0.1, 0.15) is 11.6 Å². The third kappa shape index (κ3) is 4.49. The highest BCUT2D eigenvalue weighted by atomic mass is 32.2. The minimum Gasteiger partial charge on any atom is -0.411 e. The van der Waals surface area contributed by atoms with Crippen LogP contribution in [0.1, 0.15) is 6.92 Å². The number of nitrogens with zero attached hydrogens (tertiary/aromatic N) is 3. The molecule has 0 aliphatic rings. The molecule has 144 valence electrons. The zero-order valence-electron chi connectivity index (χ0n) is 14.3. The maximum absolute atomic E-state index is 13.6. The lowest BCUT2D eigenvalue weighted by molar-refractivity contribution is -0.384. The molecule has 0 radical (unpaired) electrons. The Kier molecular flexibility index (Phi) is 5.64. The Morgan fingerprint density at radius 1 is 1.25 bits per heavy atom. The number of nitro benzene ring substituents is 1. The summed E-state index contributed by atoms with van der Waals surface area (Å²) in [7, 11) is 0. The molecule has 3 aromatic rings. The van der Waals surface area contributed by atoms with Crippen LogP contribution < -0.4 is 5.32 Å². The molecule has 8 nitrogen and oxygen atoms in total. The normalized spacial score (nSPS) is 11.8. The van der Waals surface area contributed by atoms with Crippen LogP contribution in [-0.4, -0.2) is 26.3 Å². The van der Waals surface area contributed by atoms with E-state index in [-0.39, 0.29) is 22.5 Å². The van der Waals surface area contributed by atoms with Crippen molar-refractivity contribution < 1.29 is 22.9 Å². The van der Waals surface area contributed by atoms with E-state index in [0.717, 1.165) is 30.0 Å². The summed E-state index contributed by atoms with van der Waals surface area (Å²) in [5.41, 5.74) is -0.0532. The molecular weight excluding hydrogens is 394 g/mol. The number of benzene rings is 2. The molecule has 0 aliphatic carbocycles. The maximum Gasteiger partial charge on any atom is 0.277 e. The molecule has 0 bridgehead atoms. The highest BCUT2D eigenvalue weighted by Crippen LogP contribution is 2.28. The van der Waals surface area contributed by atoms with Crippen molar-refractivity contribution in [2.24, 2.45) is 0 Å². The summed E-state index contributed by atoms with van der Waals surface area (Å²) in [6.07, 6.45) is 0. The van der Waals surface area contributed by atoms with E-state index in [9.17, 15) is 23.7 Å². The number of aromatic nitrogens is 2. The lowest BCUT2D eigenvalue weighted by Gasteiger charge is -2.10. The van der Waals surface area contributed by atoms with Crippen LogP contribution in [0.2, 0.25) is 0 Å². The molecule has 1 amide bonds. The van der Waals surface area contributed by atoms with Crippen LogP contribution in [0.15, 0.2) is 52.1 Å². The first-order valence-electron chi connectivity index (χ1n) is 7.84. The summed E-state index contributed by atoms with van der Waals surface area (Å²) in [5.74, 6) is -1.99. The molecule has 28 heavy (non-hydrogen) atoms. The fraction of sp³-hybridized carbons (Fsp3) is 0.118. The van der Waals surface area contributed by atoms with Gasteiger partial charge in [-0.15, -0.1) is 10.2 Å². The minimum atomic E-state index is -0.766. The molecule has 1 N–H and O–H groups in total. The third-order valence-corrected chi connectivity index (χ3v) is 4.48. The van der Waals surface area contributed by atoms with Crippen molar-refractivity contribution in [1.29, 1.82) is 0 Å². The fourth-order valence-electron chi connectivity index (χ4n) is 2.16. The van der Waals surface area contributed by atoms with Crippen molar-refractivity contribution in [3.05, 3.63) is 64.2 Å². The zero-order chi connectivity index (χ0) is 20.3. The highest BCUT2D eigenvalue weighted by Gasteiger charge is 2.20. The topological polar surface area (TPSA) is 111 Å². The molecule has 2 aromatic carbocycles. The lowest BCUT2D eigenvalue weighted by Crippen LogP contribution is -2.23. The highest BCUT2D eigenvalue weighted by molar-refractivity contribution is 8.00. The van der Waals surface area contributed by atoms with Crippen molar-refractivity contribution in [3.8, 4) is 11.5 Å².